The van der Waals surface area contributed by atoms with Gasteiger partial charge in [0, 0.05) is 10.9 Å². The van der Waals surface area contributed by atoms with Crippen molar-refractivity contribution in [2.24, 2.45) is 11.7 Å². The van der Waals surface area contributed by atoms with Gasteiger partial charge in [0.1, 0.15) is 0 Å². The fourth-order valence-corrected chi connectivity index (χ4v) is 3.00. The van der Waals surface area contributed by atoms with Crippen LogP contribution in [0.3, 0.4) is 0 Å². The van der Waals surface area contributed by atoms with Crippen LogP contribution < -0.4 is 5.73 Å². The zero-order chi connectivity index (χ0) is 11.3. The Morgan fingerprint density at radius 2 is 1.87 bits per heavy atom. The zero-order valence-corrected chi connectivity index (χ0v) is 10.9. The van der Waals surface area contributed by atoms with Crippen LogP contribution in [0.15, 0.2) is 11.4 Å². The van der Waals surface area contributed by atoms with Crippen LogP contribution >= 0.6 is 11.3 Å². The summed E-state index contributed by atoms with van der Waals surface area (Å²) in [5, 5.41) is 2.15. The standard InChI is InChI=1S/C13H23NS/c1-4-6-11(7-5-2)13(14)12-8-9-15-10(12)3/h8-9,11,13H,4-7,14H2,1-3H3. The molecule has 0 aromatic carbocycles. The Hall–Kier alpha value is -0.340. The Bertz CT molecular complexity index is 274. The van der Waals surface area contributed by atoms with Crippen molar-refractivity contribution in [2.75, 3.05) is 0 Å². The summed E-state index contributed by atoms with van der Waals surface area (Å²) in [6.07, 6.45) is 4.98. The highest BCUT2D eigenvalue weighted by atomic mass is 32.1. The van der Waals surface area contributed by atoms with Crippen molar-refractivity contribution in [3.63, 3.8) is 0 Å². The predicted molar refractivity (Wildman–Crippen MR) is 69.3 cm³/mol. The maximum atomic E-state index is 6.36. The molecule has 2 heteroatoms. The lowest BCUT2D eigenvalue weighted by atomic mass is 9.87. The van der Waals surface area contributed by atoms with Gasteiger partial charge < -0.3 is 5.73 Å². The van der Waals surface area contributed by atoms with Gasteiger partial charge in [-0.25, -0.2) is 0 Å². The third-order valence-corrected chi connectivity index (χ3v) is 3.95. The molecule has 0 saturated carbocycles. The average molecular weight is 225 g/mol. The molecule has 0 aliphatic carbocycles. The molecule has 0 aliphatic rings. The van der Waals surface area contributed by atoms with E-state index in [4.69, 9.17) is 5.73 Å². The van der Waals surface area contributed by atoms with Crippen LogP contribution in [0.2, 0.25) is 0 Å². The molecule has 15 heavy (non-hydrogen) atoms. The van der Waals surface area contributed by atoms with Gasteiger partial charge in [-0.3, -0.25) is 0 Å². The van der Waals surface area contributed by atoms with Crippen molar-refractivity contribution in [3.05, 3.63) is 21.9 Å². The van der Waals surface area contributed by atoms with E-state index >= 15 is 0 Å². The van der Waals surface area contributed by atoms with Gasteiger partial charge >= 0.3 is 0 Å². The van der Waals surface area contributed by atoms with E-state index in [0.29, 0.717) is 5.92 Å². The molecule has 1 heterocycles. The largest absolute Gasteiger partial charge is 0.324 e. The number of thiophene rings is 1. The van der Waals surface area contributed by atoms with E-state index in [1.807, 2.05) is 0 Å². The molecule has 1 atom stereocenters. The summed E-state index contributed by atoms with van der Waals surface area (Å²) in [7, 11) is 0. The number of rotatable bonds is 6. The molecule has 1 aromatic rings. The van der Waals surface area contributed by atoms with E-state index in [0.717, 1.165) is 0 Å². The first-order chi connectivity index (χ1) is 7.20. The lowest BCUT2D eigenvalue weighted by molar-refractivity contribution is 0.368. The number of aryl methyl sites for hydroxylation is 1. The van der Waals surface area contributed by atoms with Crippen LogP contribution in [0.1, 0.15) is 56.0 Å². The summed E-state index contributed by atoms with van der Waals surface area (Å²) in [5.74, 6) is 0.660. The second-order valence-electron chi connectivity index (χ2n) is 4.30. The second-order valence-corrected chi connectivity index (χ2v) is 5.42. The van der Waals surface area contributed by atoms with Gasteiger partial charge in [0.05, 0.1) is 0 Å². The molecule has 0 fully saturated rings. The predicted octanol–water partition coefficient (Wildman–Crippen LogP) is 4.27. The minimum absolute atomic E-state index is 0.246. The van der Waals surface area contributed by atoms with Crippen molar-refractivity contribution < 1.29 is 0 Å². The summed E-state index contributed by atoms with van der Waals surface area (Å²) >= 11 is 1.81. The summed E-state index contributed by atoms with van der Waals surface area (Å²) in [5.41, 5.74) is 7.73. The molecule has 0 bridgehead atoms. The monoisotopic (exact) mass is 225 g/mol. The fraction of sp³-hybridized carbons (Fsp3) is 0.692. The highest BCUT2D eigenvalue weighted by Crippen LogP contribution is 2.31. The molecule has 1 aromatic heterocycles. The highest BCUT2D eigenvalue weighted by Gasteiger charge is 2.19. The first-order valence-corrected chi connectivity index (χ1v) is 6.88. The van der Waals surface area contributed by atoms with Gasteiger partial charge in [0.25, 0.3) is 0 Å². The van der Waals surface area contributed by atoms with Gasteiger partial charge in [-0.2, -0.15) is 0 Å². The maximum Gasteiger partial charge on any atom is 0.0334 e. The van der Waals surface area contributed by atoms with E-state index in [1.54, 1.807) is 11.3 Å². The Balaban J connectivity index is 2.71. The minimum atomic E-state index is 0.246. The molecule has 2 N–H and O–H groups in total. The minimum Gasteiger partial charge on any atom is -0.324 e. The van der Waals surface area contributed by atoms with Crippen molar-refractivity contribution in [3.8, 4) is 0 Å². The first-order valence-electron chi connectivity index (χ1n) is 6.00. The molecule has 0 spiro atoms. The molecule has 1 unspecified atom stereocenters. The van der Waals surface area contributed by atoms with Crippen molar-refractivity contribution in [2.45, 2.75) is 52.5 Å². The molecule has 0 aliphatic heterocycles. The molecule has 1 nitrogen and oxygen atoms in total. The quantitative estimate of drug-likeness (QED) is 0.768. The van der Waals surface area contributed by atoms with Crippen LogP contribution in [0.5, 0.6) is 0 Å². The normalized spacial score (nSPS) is 13.4. The molecule has 0 radical (unpaired) electrons. The van der Waals surface area contributed by atoms with E-state index in [9.17, 15) is 0 Å². The topological polar surface area (TPSA) is 26.0 Å². The van der Waals surface area contributed by atoms with Crippen LogP contribution in [0, 0.1) is 12.8 Å². The third kappa shape index (κ3) is 3.32. The van der Waals surface area contributed by atoms with E-state index in [2.05, 4.69) is 32.2 Å². The van der Waals surface area contributed by atoms with E-state index in [-0.39, 0.29) is 6.04 Å². The molecule has 1 rings (SSSR count). The van der Waals surface area contributed by atoms with Gasteiger partial charge in [-0.15, -0.1) is 11.3 Å². The van der Waals surface area contributed by atoms with Crippen molar-refractivity contribution in [1.29, 1.82) is 0 Å². The van der Waals surface area contributed by atoms with Crippen LogP contribution in [-0.4, -0.2) is 0 Å². The fourth-order valence-electron chi connectivity index (χ4n) is 2.24. The Morgan fingerprint density at radius 1 is 1.27 bits per heavy atom. The lowest BCUT2D eigenvalue weighted by Crippen LogP contribution is -2.21. The van der Waals surface area contributed by atoms with Crippen molar-refractivity contribution >= 4 is 11.3 Å². The van der Waals surface area contributed by atoms with Gasteiger partial charge in [0.15, 0.2) is 0 Å². The van der Waals surface area contributed by atoms with Gasteiger partial charge in [-0.1, -0.05) is 26.7 Å². The summed E-state index contributed by atoms with van der Waals surface area (Å²) in [6, 6.07) is 2.44. The summed E-state index contributed by atoms with van der Waals surface area (Å²) in [6.45, 7) is 6.67. The Kier molecular flexibility index (Phi) is 5.34. The number of hydrogen-bond donors (Lipinski definition) is 1. The van der Waals surface area contributed by atoms with Gasteiger partial charge in [0.2, 0.25) is 0 Å². The lowest BCUT2D eigenvalue weighted by Gasteiger charge is -2.23. The second kappa shape index (κ2) is 6.29. The SMILES string of the molecule is CCCC(CCC)C(N)c1ccsc1C. The maximum absolute atomic E-state index is 6.36. The number of nitrogens with two attached hydrogens (primary N) is 1. The number of hydrogen-bond acceptors (Lipinski definition) is 2. The third-order valence-electron chi connectivity index (χ3n) is 3.08. The Morgan fingerprint density at radius 3 is 2.27 bits per heavy atom. The van der Waals surface area contributed by atoms with Crippen LogP contribution in [-0.2, 0) is 0 Å². The zero-order valence-electron chi connectivity index (χ0n) is 10.1. The average Bonchev–Trinajstić information content (AvgIpc) is 2.63. The molecule has 0 amide bonds. The molecule has 86 valence electrons. The summed E-state index contributed by atoms with van der Waals surface area (Å²) < 4.78 is 0. The van der Waals surface area contributed by atoms with E-state index in [1.165, 1.54) is 36.1 Å². The summed E-state index contributed by atoms with van der Waals surface area (Å²) in [4.78, 5) is 1.39. The van der Waals surface area contributed by atoms with Crippen molar-refractivity contribution in [1.82, 2.24) is 0 Å². The van der Waals surface area contributed by atoms with Crippen LogP contribution in [0.4, 0.5) is 0 Å². The van der Waals surface area contributed by atoms with Gasteiger partial charge in [-0.05, 0) is 42.7 Å². The molecule has 0 saturated heterocycles. The smallest absolute Gasteiger partial charge is 0.0334 e. The van der Waals surface area contributed by atoms with E-state index < -0.39 is 0 Å². The first kappa shape index (κ1) is 12.7. The molecular formula is C13H23NS. The van der Waals surface area contributed by atoms with Crippen LogP contribution in [0.25, 0.3) is 0 Å². The Labute approximate surface area is 97.7 Å². The molecular weight excluding hydrogens is 202 g/mol. The highest BCUT2D eigenvalue weighted by molar-refractivity contribution is 7.10.